The van der Waals surface area contributed by atoms with Crippen molar-refractivity contribution in [2.45, 2.75) is 52.0 Å². The molecule has 1 saturated carbocycles. The van der Waals surface area contributed by atoms with Gasteiger partial charge in [-0.05, 0) is 50.9 Å². The summed E-state index contributed by atoms with van der Waals surface area (Å²) in [6.45, 7) is 6.17. The Bertz CT molecular complexity index is 269. The van der Waals surface area contributed by atoms with E-state index < -0.39 is 0 Å². The van der Waals surface area contributed by atoms with Crippen molar-refractivity contribution in [1.29, 1.82) is 0 Å². The number of carbonyl (C=O) groups excluding carboxylic acids is 1. The topological polar surface area (TPSA) is 46.3 Å². The van der Waals surface area contributed by atoms with Gasteiger partial charge in [0, 0.05) is 25.0 Å². The van der Waals surface area contributed by atoms with Crippen LogP contribution in [0.5, 0.6) is 0 Å². The van der Waals surface area contributed by atoms with Crippen LogP contribution in [0.15, 0.2) is 0 Å². The van der Waals surface area contributed by atoms with Crippen molar-refractivity contribution in [3.05, 3.63) is 0 Å². The van der Waals surface area contributed by atoms with Gasteiger partial charge in [0.05, 0.1) is 0 Å². The summed E-state index contributed by atoms with van der Waals surface area (Å²) in [4.78, 5) is 14.4. The second-order valence-corrected chi connectivity index (χ2v) is 6.15. The maximum atomic E-state index is 12.4. The first-order chi connectivity index (χ1) is 8.08. The van der Waals surface area contributed by atoms with Crippen molar-refractivity contribution in [2.24, 2.45) is 23.5 Å². The van der Waals surface area contributed by atoms with Gasteiger partial charge in [-0.25, -0.2) is 0 Å². The summed E-state index contributed by atoms with van der Waals surface area (Å²) in [7, 11) is 0. The number of nitrogens with zero attached hydrogens (tertiary/aromatic N) is 1. The van der Waals surface area contributed by atoms with Gasteiger partial charge in [-0.2, -0.15) is 0 Å². The Kier molecular flexibility index (Phi) is 4.08. The molecule has 0 radical (unpaired) electrons. The Morgan fingerprint density at radius 2 is 1.88 bits per heavy atom. The molecule has 1 amide bonds. The van der Waals surface area contributed by atoms with Crippen molar-refractivity contribution in [1.82, 2.24) is 4.90 Å². The zero-order chi connectivity index (χ0) is 12.4. The number of nitrogens with two attached hydrogens (primary N) is 1. The molecular weight excluding hydrogens is 212 g/mol. The quantitative estimate of drug-likeness (QED) is 0.800. The average molecular weight is 238 g/mol. The molecule has 2 unspecified atom stereocenters. The molecule has 1 aliphatic heterocycles. The third kappa shape index (κ3) is 3.01. The third-order valence-electron chi connectivity index (χ3n) is 4.65. The molecule has 1 heterocycles. The van der Waals surface area contributed by atoms with Gasteiger partial charge in [0.2, 0.25) is 5.91 Å². The van der Waals surface area contributed by atoms with Gasteiger partial charge in [-0.3, -0.25) is 4.79 Å². The lowest BCUT2D eigenvalue weighted by atomic mass is 9.82. The number of likely N-dealkylation sites (tertiary alicyclic amines) is 1. The molecule has 0 aromatic carbocycles. The van der Waals surface area contributed by atoms with E-state index >= 15 is 0 Å². The summed E-state index contributed by atoms with van der Waals surface area (Å²) in [5.41, 5.74) is 5.92. The first-order valence-corrected chi connectivity index (χ1v) is 7.12. The molecule has 1 saturated heterocycles. The van der Waals surface area contributed by atoms with E-state index in [1.807, 2.05) is 0 Å². The van der Waals surface area contributed by atoms with Gasteiger partial charge in [-0.1, -0.05) is 6.92 Å². The normalized spacial score (nSPS) is 35.9. The zero-order valence-electron chi connectivity index (χ0n) is 11.2. The molecule has 2 rings (SSSR count). The van der Waals surface area contributed by atoms with Gasteiger partial charge in [0.15, 0.2) is 0 Å². The lowest BCUT2D eigenvalue weighted by molar-refractivity contribution is -0.135. The minimum absolute atomic E-state index is 0.221. The van der Waals surface area contributed by atoms with E-state index in [2.05, 4.69) is 18.7 Å². The molecule has 0 spiro atoms. The molecule has 1 aliphatic carbocycles. The first kappa shape index (κ1) is 12.9. The van der Waals surface area contributed by atoms with Gasteiger partial charge in [0.25, 0.3) is 0 Å². The highest BCUT2D eigenvalue weighted by Gasteiger charge is 2.33. The highest BCUT2D eigenvalue weighted by atomic mass is 16.2. The predicted octanol–water partition coefficient (Wildman–Crippen LogP) is 2.01. The van der Waals surface area contributed by atoms with Crippen LogP contribution in [0.3, 0.4) is 0 Å². The fourth-order valence-electron chi connectivity index (χ4n) is 3.18. The van der Waals surface area contributed by atoms with Crippen molar-refractivity contribution in [3.63, 3.8) is 0 Å². The molecule has 0 aromatic heterocycles. The molecule has 0 aromatic rings. The standard InChI is InChI=1S/C14H26N2O/c1-10-3-5-12(6-4-10)14(17)16-8-7-13(9-16)11(2)15/h10-13H,3-9,15H2,1-2H3. The highest BCUT2D eigenvalue weighted by molar-refractivity contribution is 5.79. The molecule has 17 heavy (non-hydrogen) atoms. The molecule has 2 N–H and O–H groups in total. The van der Waals surface area contributed by atoms with Crippen LogP contribution in [-0.2, 0) is 4.79 Å². The van der Waals surface area contributed by atoms with Gasteiger partial charge in [-0.15, -0.1) is 0 Å². The van der Waals surface area contributed by atoms with E-state index in [0.29, 0.717) is 17.7 Å². The van der Waals surface area contributed by atoms with Crippen molar-refractivity contribution >= 4 is 5.91 Å². The molecule has 2 atom stereocenters. The fraction of sp³-hybridized carbons (Fsp3) is 0.929. The predicted molar refractivity (Wildman–Crippen MR) is 69.5 cm³/mol. The fourth-order valence-corrected chi connectivity index (χ4v) is 3.18. The van der Waals surface area contributed by atoms with Crippen LogP contribution in [0.25, 0.3) is 0 Å². The first-order valence-electron chi connectivity index (χ1n) is 7.12. The van der Waals surface area contributed by atoms with E-state index in [1.54, 1.807) is 0 Å². The Morgan fingerprint density at radius 3 is 2.41 bits per heavy atom. The van der Waals surface area contributed by atoms with Crippen LogP contribution < -0.4 is 5.73 Å². The van der Waals surface area contributed by atoms with Crippen molar-refractivity contribution < 1.29 is 4.79 Å². The summed E-state index contributed by atoms with van der Waals surface area (Å²) in [5.74, 6) is 2.04. The number of hydrogen-bond donors (Lipinski definition) is 1. The summed E-state index contributed by atoms with van der Waals surface area (Å²) in [6.07, 6.45) is 5.73. The summed E-state index contributed by atoms with van der Waals surface area (Å²) < 4.78 is 0. The maximum absolute atomic E-state index is 12.4. The molecule has 0 bridgehead atoms. The Labute approximate surface area is 105 Å². The number of carbonyl (C=O) groups is 1. The number of amides is 1. The molecule has 98 valence electrons. The van der Waals surface area contributed by atoms with Crippen LogP contribution >= 0.6 is 0 Å². The maximum Gasteiger partial charge on any atom is 0.225 e. The number of rotatable bonds is 2. The molecular formula is C14H26N2O. The Balaban J connectivity index is 1.84. The van der Waals surface area contributed by atoms with Crippen molar-refractivity contribution in [3.8, 4) is 0 Å². The van der Waals surface area contributed by atoms with Gasteiger partial charge < -0.3 is 10.6 Å². The second kappa shape index (κ2) is 5.38. The average Bonchev–Trinajstić information content (AvgIpc) is 2.78. The summed E-state index contributed by atoms with van der Waals surface area (Å²) in [6, 6.07) is 0.221. The van der Waals surface area contributed by atoms with E-state index in [4.69, 9.17) is 5.73 Å². The van der Waals surface area contributed by atoms with Crippen LogP contribution in [0.1, 0.15) is 46.0 Å². The molecule has 3 nitrogen and oxygen atoms in total. The lowest BCUT2D eigenvalue weighted by Crippen LogP contribution is -2.37. The highest BCUT2D eigenvalue weighted by Crippen LogP contribution is 2.31. The van der Waals surface area contributed by atoms with Crippen LogP contribution in [0.4, 0.5) is 0 Å². The summed E-state index contributed by atoms with van der Waals surface area (Å²) in [5, 5.41) is 0. The van der Waals surface area contributed by atoms with Gasteiger partial charge >= 0.3 is 0 Å². The summed E-state index contributed by atoms with van der Waals surface area (Å²) >= 11 is 0. The van der Waals surface area contributed by atoms with E-state index in [9.17, 15) is 4.79 Å². The van der Waals surface area contributed by atoms with Crippen LogP contribution in [-0.4, -0.2) is 29.9 Å². The van der Waals surface area contributed by atoms with Crippen LogP contribution in [0.2, 0.25) is 0 Å². The Hall–Kier alpha value is -0.570. The number of hydrogen-bond acceptors (Lipinski definition) is 2. The third-order valence-corrected chi connectivity index (χ3v) is 4.65. The van der Waals surface area contributed by atoms with Crippen molar-refractivity contribution in [2.75, 3.05) is 13.1 Å². The minimum atomic E-state index is 0.221. The van der Waals surface area contributed by atoms with Crippen LogP contribution in [0, 0.1) is 17.8 Å². The smallest absolute Gasteiger partial charge is 0.225 e. The van der Waals surface area contributed by atoms with E-state index in [-0.39, 0.29) is 6.04 Å². The SMILES string of the molecule is CC1CCC(C(=O)N2CCC(C(C)N)C2)CC1. The lowest BCUT2D eigenvalue weighted by Gasteiger charge is -2.29. The van der Waals surface area contributed by atoms with Gasteiger partial charge in [0.1, 0.15) is 0 Å². The monoisotopic (exact) mass is 238 g/mol. The minimum Gasteiger partial charge on any atom is -0.342 e. The largest absolute Gasteiger partial charge is 0.342 e. The zero-order valence-corrected chi connectivity index (χ0v) is 11.2. The Morgan fingerprint density at radius 1 is 1.24 bits per heavy atom. The molecule has 2 aliphatic rings. The molecule has 2 fully saturated rings. The van der Waals surface area contributed by atoms with E-state index in [1.165, 1.54) is 12.8 Å². The molecule has 3 heteroatoms. The second-order valence-electron chi connectivity index (χ2n) is 6.15. The van der Waals surface area contributed by atoms with E-state index in [0.717, 1.165) is 38.3 Å².